The molecule has 2 aromatic rings. The van der Waals surface area contributed by atoms with Crippen molar-refractivity contribution in [2.75, 3.05) is 5.32 Å². The van der Waals surface area contributed by atoms with E-state index in [1.165, 1.54) is 12.1 Å². The lowest BCUT2D eigenvalue weighted by atomic mass is 9.86. The van der Waals surface area contributed by atoms with Crippen LogP contribution in [0, 0.1) is 5.41 Å². The number of hydrogen-bond acceptors (Lipinski definition) is 7. The molecule has 1 aliphatic rings. The summed E-state index contributed by atoms with van der Waals surface area (Å²) in [7, 11) is 0. The molecule has 3 rings (SSSR count). The number of esters is 1. The lowest BCUT2D eigenvalue weighted by Crippen LogP contribution is -2.35. The Morgan fingerprint density at radius 3 is 2.37 bits per heavy atom. The Balaban J connectivity index is 1.83. The van der Waals surface area contributed by atoms with Crippen LogP contribution in [0.1, 0.15) is 54.1 Å². The largest absolute Gasteiger partial charge is 0.481 e. The molecule has 6 N–H and O–H groups in total. The van der Waals surface area contributed by atoms with Crippen molar-refractivity contribution in [3.05, 3.63) is 59.2 Å². The monoisotopic (exact) mass is 482 g/mol. The molecule has 0 saturated carbocycles. The molecule has 0 spiro atoms. The highest BCUT2D eigenvalue weighted by Crippen LogP contribution is 2.35. The van der Waals surface area contributed by atoms with E-state index in [9.17, 15) is 24.6 Å². The number of benzene rings is 2. The summed E-state index contributed by atoms with van der Waals surface area (Å²) in [5.41, 5.74) is 6.52. The van der Waals surface area contributed by atoms with Crippen molar-refractivity contribution in [1.29, 1.82) is 5.41 Å². The second-order valence-corrected chi connectivity index (χ2v) is 8.20. The fourth-order valence-corrected chi connectivity index (χ4v) is 3.86. The minimum absolute atomic E-state index is 0.00960. The van der Waals surface area contributed by atoms with Crippen molar-refractivity contribution < 1.29 is 34.2 Å². The zero-order valence-electron chi connectivity index (χ0n) is 19.0. The Bertz CT molecular complexity index is 1160. The fourth-order valence-electron chi connectivity index (χ4n) is 3.86. The van der Waals surface area contributed by atoms with Crippen LogP contribution >= 0.6 is 0 Å². The molecule has 0 aromatic heterocycles. The predicted octanol–water partition coefficient (Wildman–Crippen LogP) is 2.98. The van der Waals surface area contributed by atoms with Gasteiger partial charge in [0.25, 0.3) is 0 Å². The van der Waals surface area contributed by atoms with Crippen LogP contribution in [-0.4, -0.2) is 45.4 Å². The predicted molar refractivity (Wildman–Crippen MR) is 127 cm³/mol. The summed E-state index contributed by atoms with van der Waals surface area (Å²) in [6, 6.07) is 11.3. The third kappa shape index (κ3) is 6.56. The number of nitrogens with zero attached hydrogens (tertiary/aromatic N) is 1. The molecule has 0 unspecified atom stereocenters. The number of carbonyl (C=O) groups is 3. The Morgan fingerprint density at radius 1 is 1.14 bits per heavy atom. The molecule has 0 saturated heterocycles. The number of nitrogens with one attached hydrogen (secondary N) is 2. The summed E-state index contributed by atoms with van der Waals surface area (Å²) in [4.78, 5) is 40.7. The molecule has 0 radical (unpaired) electrons. The highest BCUT2D eigenvalue weighted by molar-refractivity contribution is 6.04. The van der Waals surface area contributed by atoms with Gasteiger partial charge in [0, 0.05) is 17.7 Å². The number of hydrogen-bond donors (Lipinski definition) is 5. The average Bonchev–Trinajstić information content (AvgIpc) is 3.16. The van der Waals surface area contributed by atoms with E-state index in [1.54, 1.807) is 30.3 Å². The van der Waals surface area contributed by atoms with Gasteiger partial charge in [0.2, 0.25) is 0 Å². The fraction of sp³-hybridized carbons (Fsp3) is 0.292. The first-order valence-electron chi connectivity index (χ1n) is 10.9. The topological polar surface area (TPSA) is 184 Å². The van der Waals surface area contributed by atoms with Crippen LogP contribution in [0.25, 0.3) is 0 Å². The van der Waals surface area contributed by atoms with E-state index < -0.39 is 36.4 Å². The van der Waals surface area contributed by atoms with Crippen molar-refractivity contribution >= 4 is 35.3 Å². The molecule has 184 valence electrons. The van der Waals surface area contributed by atoms with Gasteiger partial charge in [-0.25, -0.2) is 4.79 Å². The van der Waals surface area contributed by atoms with Crippen molar-refractivity contribution in [3.8, 4) is 5.75 Å². The molecule has 0 aliphatic carbocycles. The van der Waals surface area contributed by atoms with Gasteiger partial charge < -0.3 is 30.8 Å². The van der Waals surface area contributed by atoms with Crippen LogP contribution in [0.5, 0.6) is 5.75 Å². The first-order chi connectivity index (χ1) is 16.6. The van der Waals surface area contributed by atoms with E-state index in [2.05, 4.69) is 10.5 Å². The standard InChI is InChI=1S/C24H26N4O7/c1-2-3-14-6-9-17(34-22(33)15-4-7-16(8-5-15)27-23(25)26)10-18(14)19-11-24(35-28-19,12-20(29)30)13-21(31)32/h4-10H,2-3,11-13H2,1H3,(H,29,30)(H,31,32)(H4,25,26,27). The highest BCUT2D eigenvalue weighted by Gasteiger charge is 2.44. The molecule has 35 heavy (non-hydrogen) atoms. The van der Waals surface area contributed by atoms with Crippen molar-refractivity contribution in [2.24, 2.45) is 10.9 Å². The van der Waals surface area contributed by atoms with Crippen LogP contribution in [0.2, 0.25) is 0 Å². The Labute approximate surface area is 201 Å². The van der Waals surface area contributed by atoms with Crippen molar-refractivity contribution in [3.63, 3.8) is 0 Å². The van der Waals surface area contributed by atoms with Gasteiger partial charge in [-0.05, 0) is 48.4 Å². The lowest BCUT2D eigenvalue weighted by molar-refractivity contribution is -0.151. The van der Waals surface area contributed by atoms with Crippen molar-refractivity contribution in [1.82, 2.24) is 0 Å². The highest BCUT2D eigenvalue weighted by atomic mass is 16.7. The van der Waals surface area contributed by atoms with E-state index in [0.717, 1.165) is 12.0 Å². The van der Waals surface area contributed by atoms with Gasteiger partial charge in [0.1, 0.15) is 5.75 Å². The van der Waals surface area contributed by atoms with Crippen LogP contribution in [0.4, 0.5) is 5.69 Å². The van der Waals surface area contributed by atoms with Gasteiger partial charge >= 0.3 is 17.9 Å². The minimum atomic E-state index is -1.49. The second-order valence-electron chi connectivity index (χ2n) is 8.20. The number of nitrogens with two attached hydrogens (primary N) is 1. The van der Waals surface area contributed by atoms with E-state index >= 15 is 0 Å². The maximum atomic E-state index is 12.6. The number of carboxylic acids is 2. The van der Waals surface area contributed by atoms with E-state index in [-0.39, 0.29) is 23.7 Å². The molecule has 0 bridgehead atoms. The molecule has 1 aliphatic heterocycles. The molecule has 11 heteroatoms. The smallest absolute Gasteiger partial charge is 0.343 e. The lowest BCUT2D eigenvalue weighted by Gasteiger charge is -2.22. The zero-order chi connectivity index (χ0) is 25.6. The zero-order valence-corrected chi connectivity index (χ0v) is 19.0. The summed E-state index contributed by atoms with van der Waals surface area (Å²) in [5, 5.41) is 32.4. The molecule has 0 amide bonds. The molecule has 1 heterocycles. The first-order valence-corrected chi connectivity index (χ1v) is 10.9. The molecular formula is C24H26N4O7. The number of aliphatic carboxylic acids is 2. The number of ether oxygens (including phenoxy) is 1. The summed E-state index contributed by atoms with van der Waals surface area (Å²) < 4.78 is 5.53. The van der Waals surface area contributed by atoms with Gasteiger partial charge in [0.15, 0.2) is 11.6 Å². The molecule has 2 aromatic carbocycles. The Morgan fingerprint density at radius 2 is 1.80 bits per heavy atom. The first kappa shape index (κ1) is 25.2. The maximum Gasteiger partial charge on any atom is 0.343 e. The van der Waals surface area contributed by atoms with E-state index in [0.29, 0.717) is 23.4 Å². The number of carboxylic acid groups (broad SMARTS) is 2. The van der Waals surface area contributed by atoms with Crippen LogP contribution in [0.15, 0.2) is 47.6 Å². The van der Waals surface area contributed by atoms with Gasteiger partial charge in [-0.1, -0.05) is 24.6 Å². The minimum Gasteiger partial charge on any atom is -0.481 e. The summed E-state index contributed by atoms with van der Waals surface area (Å²) in [6.07, 6.45) is 0.454. The van der Waals surface area contributed by atoms with Gasteiger partial charge in [-0.2, -0.15) is 0 Å². The van der Waals surface area contributed by atoms with Gasteiger partial charge in [-0.3, -0.25) is 15.0 Å². The quantitative estimate of drug-likeness (QED) is 0.147. The Kier molecular flexibility index (Phi) is 7.69. The summed E-state index contributed by atoms with van der Waals surface area (Å²) in [5.74, 6) is -2.97. The van der Waals surface area contributed by atoms with E-state index in [4.69, 9.17) is 20.7 Å². The third-order valence-electron chi connectivity index (χ3n) is 5.31. The van der Waals surface area contributed by atoms with Crippen LogP contribution in [-0.2, 0) is 20.8 Å². The normalized spacial score (nSPS) is 13.9. The average molecular weight is 482 g/mol. The second kappa shape index (κ2) is 10.7. The van der Waals surface area contributed by atoms with Crippen molar-refractivity contribution in [2.45, 2.75) is 44.6 Å². The number of carbonyl (C=O) groups excluding carboxylic acids is 1. The Hall–Kier alpha value is -4.41. The summed E-state index contributed by atoms with van der Waals surface area (Å²) in [6.45, 7) is 1.99. The number of oxime groups is 1. The van der Waals surface area contributed by atoms with Gasteiger partial charge in [0.05, 0.1) is 24.1 Å². The van der Waals surface area contributed by atoms with E-state index in [1.807, 2.05) is 6.92 Å². The number of rotatable bonds is 10. The van der Waals surface area contributed by atoms with Crippen LogP contribution < -0.4 is 15.8 Å². The van der Waals surface area contributed by atoms with Crippen LogP contribution in [0.3, 0.4) is 0 Å². The maximum absolute atomic E-state index is 12.6. The number of guanidine groups is 1. The molecule has 11 nitrogen and oxygen atoms in total. The number of anilines is 1. The van der Waals surface area contributed by atoms with Gasteiger partial charge in [-0.15, -0.1) is 0 Å². The summed E-state index contributed by atoms with van der Waals surface area (Å²) >= 11 is 0. The molecular weight excluding hydrogens is 456 g/mol. The third-order valence-corrected chi connectivity index (χ3v) is 5.31. The SMILES string of the molecule is CCCc1ccc(OC(=O)c2ccc(NC(=N)N)cc2)cc1C1=NOC(CC(=O)O)(CC(=O)O)C1. The molecule has 0 fully saturated rings. The number of aryl methyl sites for hydroxylation is 1. The molecule has 0 atom stereocenters.